The van der Waals surface area contributed by atoms with Gasteiger partial charge >= 0.3 is 6.09 Å². The van der Waals surface area contributed by atoms with E-state index in [4.69, 9.17) is 4.74 Å². The van der Waals surface area contributed by atoms with Crippen LogP contribution in [0.2, 0.25) is 0 Å². The SMILES string of the molecule is CN(Cc1ccc(-c2ccccc2)cc1)C1CN(C(=O)OC(C)(C)C)C1. The lowest BCUT2D eigenvalue weighted by Gasteiger charge is -2.44. The van der Waals surface area contributed by atoms with Crippen LogP contribution in [0.5, 0.6) is 0 Å². The topological polar surface area (TPSA) is 32.8 Å². The number of likely N-dealkylation sites (tertiary alicyclic amines) is 1. The Morgan fingerprint density at radius 1 is 1.04 bits per heavy atom. The van der Waals surface area contributed by atoms with Crippen LogP contribution in [-0.4, -0.2) is 47.7 Å². The van der Waals surface area contributed by atoms with E-state index in [1.807, 2.05) is 26.8 Å². The van der Waals surface area contributed by atoms with Crippen molar-refractivity contribution in [2.24, 2.45) is 0 Å². The van der Waals surface area contributed by atoms with Crippen molar-refractivity contribution in [3.05, 3.63) is 60.2 Å². The van der Waals surface area contributed by atoms with Crippen LogP contribution in [0.25, 0.3) is 11.1 Å². The molecule has 0 unspecified atom stereocenters. The third-order valence-electron chi connectivity index (χ3n) is 4.63. The molecule has 0 N–H and O–H groups in total. The van der Waals surface area contributed by atoms with Gasteiger partial charge in [-0.2, -0.15) is 0 Å². The van der Waals surface area contributed by atoms with E-state index >= 15 is 0 Å². The Bertz CT molecular complexity index is 729. The summed E-state index contributed by atoms with van der Waals surface area (Å²) in [7, 11) is 2.11. The molecular weight excluding hydrogens is 324 g/mol. The minimum absolute atomic E-state index is 0.214. The maximum absolute atomic E-state index is 12.0. The van der Waals surface area contributed by atoms with Gasteiger partial charge in [0.05, 0.1) is 0 Å². The first-order valence-electron chi connectivity index (χ1n) is 9.14. The van der Waals surface area contributed by atoms with Gasteiger partial charge in [0.15, 0.2) is 0 Å². The first-order valence-corrected chi connectivity index (χ1v) is 9.14. The van der Waals surface area contributed by atoms with E-state index in [-0.39, 0.29) is 6.09 Å². The zero-order valence-electron chi connectivity index (χ0n) is 16.1. The molecule has 1 aliphatic rings. The van der Waals surface area contributed by atoms with E-state index < -0.39 is 5.60 Å². The molecule has 0 radical (unpaired) electrons. The van der Waals surface area contributed by atoms with Gasteiger partial charge in [-0.25, -0.2) is 4.79 Å². The second-order valence-corrected chi connectivity index (χ2v) is 8.02. The fraction of sp³-hybridized carbons (Fsp3) is 0.409. The molecule has 0 spiro atoms. The van der Waals surface area contributed by atoms with Gasteiger partial charge in [-0.15, -0.1) is 0 Å². The number of hydrogen-bond acceptors (Lipinski definition) is 3. The molecule has 138 valence electrons. The summed E-state index contributed by atoms with van der Waals surface area (Å²) in [5.74, 6) is 0. The minimum atomic E-state index is -0.436. The van der Waals surface area contributed by atoms with Crippen molar-refractivity contribution >= 4 is 6.09 Å². The predicted octanol–water partition coefficient (Wildman–Crippen LogP) is 4.40. The normalized spacial score (nSPS) is 15.0. The molecule has 2 aromatic rings. The van der Waals surface area contributed by atoms with Gasteiger partial charge in [0.25, 0.3) is 0 Å². The summed E-state index contributed by atoms with van der Waals surface area (Å²) in [6.45, 7) is 8.02. The number of carbonyl (C=O) groups is 1. The lowest BCUT2D eigenvalue weighted by molar-refractivity contribution is -0.0120. The summed E-state index contributed by atoms with van der Waals surface area (Å²) in [6.07, 6.45) is -0.214. The van der Waals surface area contributed by atoms with Crippen LogP contribution in [-0.2, 0) is 11.3 Å². The number of carbonyl (C=O) groups excluding carboxylic acids is 1. The molecular formula is C22H28N2O2. The number of hydrogen-bond donors (Lipinski definition) is 0. The number of benzene rings is 2. The number of amides is 1. The predicted molar refractivity (Wildman–Crippen MR) is 105 cm³/mol. The maximum Gasteiger partial charge on any atom is 0.410 e. The van der Waals surface area contributed by atoms with Gasteiger partial charge in [-0.05, 0) is 44.5 Å². The van der Waals surface area contributed by atoms with Crippen molar-refractivity contribution in [2.45, 2.75) is 39.0 Å². The van der Waals surface area contributed by atoms with Crippen molar-refractivity contribution in [1.29, 1.82) is 0 Å². The molecule has 2 aromatic carbocycles. The second-order valence-electron chi connectivity index (χ2n) is 8.02. The number of rotatable bonds is 4. The molecule has 1 heterocycles. The highest BCUT2D eigenvalue weighted by atomic mass is 16.6. The van der Waals surface area contributed by atoms with Gasteiger partial charge in [-0.1, -0.05) is 54.6 Å². The Kier molecular flexibility index (Phi) is 5.33. The summed E-state index contributed by atoms with van der Waals surface area (Å²) in [5.41, 5.74) is 3.31. The highest BCUT2D eigenvalue weighted by Crippen LogP contribution is 2.22. The zero-order chi connectivity index (χ0) is 18.7. The van der Waals surface area contributed by atoms with Crippen LogP contribution in [0.3, 0.4) is 0 Å². The molecule has 1 saturated heterocycles. The average molecular weight is 352 g/mol. The highest BCUT2D eigenvalue weighted by Gasteiger charge is 2.35. The monoisotopic (exact) mass is 352 g/mol. The Hall–Kier alpha value is -2.33. The minimum Gasteiger partial charge on any atom is -0.444 e. The first kappa shape index (κ1) is 18.5. The van der Waals surface area contributed by atoms with Crippen LogP contribution in [0, 0.1) is 0 Å². The second kappa shape index (κ2) is 7.50. The van der Waals surface area contributed by atoms with Crippen LogP contribution in [0.4, 0.5) is 4.79 Å². The van der Waals surface area contributed by atoms with Gasteiger partial charge in [0.2, 0.25) is 0 Å². The zero-order valence-corrected chi connectivity index (χ0v) is 16.1. The van der Waals surface area contributed by atoms with Crippen LogP contribution in [0.15, 0.2) is 54.6 Å². The molecule has 0 aliphatic carbocycles. The summed E-state index contributed by atoms with van der Waals surface area (Å²) in [5, 5.41) is 0. The van der Waals surface area contributed by atoms with E-state index in [0.717, 1.165) is 19.6 Å². The maximum atomic E-state index is 12.0. The summed E-state index contributed by atoms with van der Waals surface area (Å²) in [6, 6.07) is 19.5. The summed E-state index contributed by atoms with van der Waals surface area (Å²) >= 11 is 0. The van der Waals surface area contributed by atoms with Gasteiger partial charge in [0, 0.05) is 25.7 Å². The van der Waals surface area contributed by atoms with E-state index in [0.29, 0.717) is 6.04 Å². The molecule has 0 saturated carbocycles. The molecule has 3 rings (SSSR count). The van der Waals surface area contributed by atoms with Gasteiger partial charge in [0.1, 0.15) is 5.60 Å². The molecule has 0 aromatic heterocycles. The van der Waals surface area contributed by atoms with Crippen LogP contribution >= 0.6 is 0 Å². The Morgan fingerprint density at radius 2 is 1.62 bits per heavy atom. The standard InChI is InChI=1S/C22H28N2O2/c1-22(2,3)26-21(25)24-15-20(16-24)23(4)14-17-10-12-19(13-11-17)18-8-6-5-7-9-18/h5-13,20H,14-16H2,1-4H3. The quantitative estimate of drug-likeness (QED) is 0.817. The lowest BCUT2D eigenvalue weighted by atomic mass is 10.0. The summed E-state index contributed by atoms with van der Waals surface area (Å²) in [4.78, 5) is 16.1. The summed E-state index contributed by atoms with van der Waals surface area (Å²) < 4.78 is 5.41. The Balaban J connectivity index is 1.50. The van der Waals surface area contributed by atoms with E-state index in [1.165, 1.54) is 16.7 Å². The van der Waals surface area contributed by atoms with Gasteiger partial charge < -0.3 is 9.64 Å². The third-order valence-corrected chi connectivity index (χ3v) is 4.63. The fourth-order valence-electron chi connectivity index (χ4n) is 3.06. The van der Waals surface area contributed by atoms with Crippen LogP contribution < -0.4 is 0 Å². The van der Waals surface area contributed by atoms with E-state index in [9.17, 15) is 4.79 Å². The average Bonchev–Trinajstić information content (AvgIpc) is 2.53. The van der Waals surface area contributed by atoms with E-state index in [1.54, 1.807) is 4.90 Å². The largest absolute Gasteiger partial charge is 0.444 e. The van der Waals surface area contributed by atoms with Crippen molar-refractivity contribution in [1.82, 2.24) is 9.80 Å². The van der Waals surface area contributed by atoms with Crippen molar-refractivity contribution in [2.75, 3.05) is 20.1 Å². The van der Waals surface area contributed by atoms with Crippen molar-refractivity contribution in [3.8, 4) is 11.1 Å². The van der Waals surface area contributed by atoms with Crippen LogP contribution in [0.1, 0.15) is 26.3 Å². The number of likely N-dealkylation sites (N-methyl/N-ethyl adjacent to an activating group) is 1. The Morgan fingerprint density at radius 3 is 2.19 bits per heavy atom. The molecule has 1 aliphatic heterocycles. The van der Waals surface area contributed by atoms with Gasteiger partial charge in [-0.3, -0.25) is 4.90 Å². The third kappa shape index (κ3) is 4.64. The smallest absolute Gasteiger partial charge is 0.410 e. The van der Waals surface area contributed by atoms with Crippen molar-refractivity contribution in [3.63, 3.8) is 0 Å². The van der Waals surface area contributed by atoms with E-state index in [2.05, 4.69) is 60.5 Å². The highest BCUT2D eigenvalue weighted by molar-refractivity contribution is 5.69. The molecule has 26 heavy (non-hydrogen) atoms. The molecule has 1 fully saturated rings. The molecule has 4 heteroatoms. The molecule has 0 atom stereocenters. The fourth-order valence-corrected chi connectivity index (χ4v) is 3.06. The molecule has 0 bridgehead atoms. The lowest BCUT2D eigenvalue weighted by Crippen LogP contribution is -2.60. The molecule has 1 amide bonds. The Labute approximate surface area is 156 Å². The first-order chi connectivity index (χ1) is 12.3. The number of ether oxygens (including phenoxy) is 1. The molecule has 4 nitrogen and oxygen atoms in total. The van der Waals surface area contributed by atoms with Crippen molar-refractivity contribution < 1.29 is 9.53 Å². The number of nitrogens with zero attached hydrogens (tertiary/aromatic N) is 2.